The molecule has 128 valence electrons. The summed E-state index contributed by atoms with van der Waals surface area (Å²) >= 11 is 12.1. The minimum Gasteiger partial charge on any atom is -0.243 e. The zero-order valence-electron chi connectivity index (χ0n) is 14.2. The highest BCUT2D eigenvalue weighted by Gasteiger charge is 2.31. The van der Waals surface area contributed by atoms with Crippen molar-refractivity contribution in [2.45, 2.75) is 77.0 Å². The van der Waals surface area contributed by atoms with E-state index >= 15 is 0 Å². The Labute approximate surface area is 151 Å². The van der Waals surface area contributed by atoms with Gasteiger partial charge in [0.05, 0.1) is 5.02 Å². The molecule has 0 N–H and O–H groups in total. The summed E-state index contributed by atoms with van der Waals surface area (Å²) in [5.74, 6) is 3.61. The molecule has 23 heavy (non-hydrogen) atoms. The van der Waals surface area contributed by atoms with E-state index in [2.05, 4.69) is 11.9 Å². The quantitative estimate of drug-likeness (QED) is 0.518. The minimum atomic E-state index is 0.424. The lowest BCUT2D eigenvalue weighted by atomic mass is 9.68. The fourth-order valence-corrected chi connectivity index (χ4v) is 5.22. The smallest absolute Gasteiger partial charge is 0.147 e. The first-order valence-electron chi connectivity index (χ1n) is 9.48. The van der Waals surface area contributed by atoms with Crippen LogP contribution >= 0.6 is 23.2 Å². The van der Waals surface area contributed by atoms with E-state index in [0.717, 1.165) is 17.8 Å². The Morgan fingerprint density at radius 1 is 0.957 bits per heavy atom. The van der Waals surface area contributed by atoms with Gasteiger partial charge in [0.15, 0.2) is 0 Å². The van der Waals surface area contributed by atoms with Gasteiger partial charge >= 0.3 is 0 Å². The van der Waals surface area contributed by atoms with Crippen molar-refractivity contribution in [3.63, 3.8) is 0 Å². The van der Waals surface area contributed by atoms with Crippen molar-refractivity contribution < 1.29 is 0 Å². The van der Waals surface area contributed by atoms with Crippen molar-refractivity contribution in [3.05, 3.63) is 28.0 Å². The maximum atomic E-state index is 6.13. The van der Waals surface area contributed by atoms with E-state index < -0.39 is 0 Å². The zero-order valence-corrected chi connectivity index (χ0v) is 15.8. The monoisotopic (exact) mass is 353 g/mol. The van der Waals surface area contributed by atoms with E-state index in [0.29, 0.717) is 16.1 Å². The van der Waals surface area contributed by atoms with E-state index in [4.69, 9.17) is 23.2 Å². The largest absolute Gasteiger partial charge is 0.243 e. The molecule has 2 saturated carbocycles. The van der Waals surface area contributed by atoms with E-state index in [1.807, 2.05) is 12.3 Å². The van der Waals surface area contributed by atoms with Gasteiger partial charge in [-0.25, -0.2) is 4.98 Å². The Morgan fingerprint density at radius 2 is 1.57 bits per heavy atom. The van der Waals surface area contributed by atoms with Gasteiger partial charge in [0.1, 0.15) is 5.15 Å². The molecule has 0 aliphatic heterocycles. The predicted octanol–water partition coefficient (Wildman–Crippen LogP) is 7.27. The van der Waals surface area contributed by atoms with E-state index in [1.165, 1.54) is 69.8 Å². The Balaban J connectivity index is 1.50. The number of hydrogen-bond donors (Lipinski definition) is 0. The molecule has 1 nitrogen and oxygen atoms in total. The highest BCUT2D eigenvalue weighted by molar-refractivity contribution is 6.41. The molecule has 2 fully saturated rings. The van der Waals surface area contributed by atoms with E-state index in [-0.39, 0.29) is 0 Å². The molecule has 2 aliphatic rings. The Hall–Kier alpha value is -0.270. The summed E-state index contributed by atoms with van der Waals surface area (Å²) < 4.78 is 0. The second-order valence-electron chi connectivity index (χ2n) is 7.72. The molecular weight excluding hydrogens is 325 g/mol. The summed E-state index contributed by atoms with van der Waals surface area (Å²) in [5, 5.41) is 1.02. The highest BCUT2D eigenvalue weighted by Crippen LogP contribution is 2.44. The molecule has 0 bridgehead atoms. The predicted molar refractivity (Wildman–Crippen MR) is 99.3 cm³/mol. The third-order valence-electron chi connectivity index (χ3n) is 6.32. The van der Waals surface area contributed by atoms with Gasteiger partial charge in [-0.3, -0.25) is 0 Å². The Bertz CT molecular complexity index is 500. The molecule has 0 aromatic carbocycles. The molecule has 0 saturated heterocycles. The first kappa shape index (κ1) is 17.5. The lowest BCUT2D eigenvalue weighted by Gasteiger charge is -2.38. The van der Waals surface area contributed by atoms with Crippen molar-refractivity contribution in [1.82, 2.24) is 4.98 Å². The van der Waals surface area contributed by atoms with Crippen LogP contribution < -0.4 is 0 Å². The molecule has 0 atom stereocenters. The lowest BCUT2D eigenvalue weighted by molar-refractivity contribution is 0.156. The van der Waals surface area contributed by atoms with Crippen LogP contribution in [0, 0.1) is 17.8 Å². The average Bonchev–Trinajstić information content (AvgIpc) is 2.59. The van der Waals surface area contributed by atoms with Gasteiger partial charge in [-0.05, 0) is 73.8 Å². The second-order valence-corrected chi connectivity index (χ2v) is 8.49. The Kier molecular flexibility index (Phi) is 6.26. The maximum Gasteiger partial charge on any atom is 0.147 e. The molecule has 1 aromatic heterocycles. The highest BCUT2D eigenvalue weighted by atomic mass is 35.5. The van der Waals surface area contributed by atoms with Gasteiger partial charge in [-0.1, -0.05) is 55.8 Å². The number of halogens is 2. The van der Waals surface area contributed by atoms with Crippen LogP contribution in [0.4, 0.5) is 0 Å². The fourth-order valence-electron chi connectivity index (χ4n) is 4.94. The van der Waals surface area contributed by atoms with Gasteiger partial charge in [-0.15, -0.1) is 0 Å². The molecule has 0 unspecified atom stereocenters. The topological polar surface area (TPSA) is 12.9 Å². The molecule has 0 amide bonds. The summed E-state index contributed by atoms with van der Waals surface area (Å²) in [7, 11) is 0. The van der Waals surface area contributed by atoms with Crippen molar-refractivity contribution in [2.24, 2.45) is 17.8 Å². The van der Waals surface area contributed by atoms with Crippen molar-refractivity contribution in [3.8, 4) is 0 Å². The molecule has 2 aliphatic carbocycles. The summed E-state index contributed by atoms with van der Waals surface area (Å²) in [6, 6.07) is 2.03. The summed E-state index contributed by atoms with van der Waals surface area (Å²) in [5.41, 5.74) is 1.28. The fraction of sp³-hybridized carbons (Fsp3) is 0.750. The number of nitrogens with zero attached hydrogens (tertiary/aromatic N) is 1. The molecule has 0 radical (unpaired) electrons. The number of rotatable bonds is 4. The lowest BCUT2D eigenvalue weighted by Crippen LogP contribution is -2.25. The van der Waals surface area contributed by atoms with Crippen LogP contribution in [-0.2, 0) is 0 Å². The van der Waals surface area contributed by atoms with E-state index in [9.17, 15) is 0 Å². The second kappa shape index (κ2) is 8.21. The van der Waals surface area contributed by atoms with Crippen LogP contribution in [0.25, 0.3) is 0 Å². The van der Waals surface area contributed by atoms with Crippen LogP contribution in [0.15, 0.2) is 12.3 Å². The number of pyridine rings is 1. The van der Waals surface area contributed by atoms with Gasteiger partial charge < -0.3 is 0 Å². The summed E-state index contributed by atoms with van der Waals surface area (Å²) in [4.78, 5) is 4.22. The minimum absolute atomic E-state index is 0.424. The number of hydrogen-bond acceptors (Lipinski definition) is 1. The normalized spacial score (nSPS) is 32.0. The van der Waals surface area contributed by atoms with Crippen LogP contribution in [0.1, 0.15) is 82.6 Å². The molecule has 1 aromatic rings. The van der Waals surface area contributed by atoms with E-state index in [1.54, 1.807) is 0 Å². The van der Waals surface area contributed by atoms with Crippen molar-refractivity contribution in [2.75, 3.05) is 0 Å². The average molecular weight is 354 g/mol. The first-order chi connectivity index (χ1) is 11.2. The van der Waals surface area contributed by atoms with Crippen LogP contribution in [0.2, 0.25) is 10.2 Å². The number of aromatic nitrogens is 1. The van der Waals surface area contributed by atoms with Crippen molar-refractivity contribution >= 4 is 23.2 Å². The molecule has 0 spiro atoms. The van der Waals surface area contributed by atoms with Gasteiger partial charge in [0.2, 0.25) is 0 Å². The standard InChI is InChI=1S/C20H29Cl2N/c1-2-3-14-4-6-15(7-5-14)16-8-10-17(11-9-16)18-12-19(21)20(22)23-13-18/h12-17H,2-11H2,1H3/t14-,15-,16-,17-. The SMILES string of the molecule is CCC[C@H]1CC[C@H]([C@H]2CC[C@H](c3cnc(Cl)c(Cl)c3)CC2)CC1. The molecule has 1 heterocycles. The third kappa shape index (κ3) is 4.42. The Morgan fingerprint density at radius 3 is 2.13 bits per heavy atom. The summed E-state index contributed by atoms with van der Waals surface area (Å²) in [6.07, 6.45) is 16.0. The maximum absolute atomic E-state index is 6.13. The van der Waals surface area contributed by atoms with Crippen LogP contribution in [-0.4, -0.2) is 4.98 Å². The van der Waals surface area contributed by atoms with Gasteiger partial charge in [-0.2, -0.15) is 0 Å². The molecular formula is C20H29Cl2N. The third-order valence-corrected chi connectivity index (χ3v) is 7.00. The van der Waals surface area contributed by atoms with Crippen molar-refractivity contribution in [1.29, 1.82) is 0 Å². The summed E-state index contributed by atoms with van der Waals surface area (Å²) in [6.45, 7) is 2.32. The molecule has 3 rings (SSSR count). The van der Waals surface area contributed by atoms with Crippen LogP contribution in [0.3, 0.4) is 0 Å². The zero-order chi connectivity index (χ0) is 16.2. The van der Waals surface area contributed by atoms with Gasteiger partial charge in [0, 0.05) is 6.20 Å². The van der Waals surface area contributed by atoms with Crippen LogP contribution in [0.5, 0.6) is 0 Å². The first-order valence-corrected chi connectivity index (χ1v) is 10.2. The molecule has 3 heteroatoms. The van der Waals surface area contributed by atoms with Gasteiger partial charge in [0.25, 0.3) is 0 Å².